The van der Waals surface area contributed by atoms with E-state index in [1.54, 1.807) is 7.11 Å². The zero-order valence-corrected chi connectivity index (χ0v) is 21.6. The molecular formula is C29H34F4N2O3. The number of halogens is 4. The minimum absolute atomic E-state index is 0.0874. The lowest BCUT2D eigenvalue weighted by Gasteiger charge is -2.40. The Morgan fingerprint density at radius 2 is 1.79 bits per heavy atom. The standard InChI is InChI=1S/C29H34F4N2O3/c1-36-21-26-10-7-14-34(26)12-5-6-13-35-15-17-38-28(27(35)23-8-3-2-4-9-23)37-16-11-22-18-24(29(31,32)33)20-25(30)19-22/h2-4,8-9,18-20,26-28H,7,10-17,21H2,1H3/t26-,27-,28+/m0/s1. The number of likely N-dealkylation sites (tertiary alicyclic amines) is 1. The summed E-state index contributed by atoms with van der Waals surface area (Å²) >= 11 is 0. The first-order valence-corrected chi connectivity index (χ1v) is 12.9. The zero-order chi connectivity index (χ0) is 27.0. The van der Waals surface area contributed by atoms with Crippen LogP contribution in [0.1, 0.15) is 35.6 Å². The third kappa shape index (κ3) is 7.78. The second-order valence-corrected chi connectivity index (χ2v) is 9.61. The van der Waals surface area contributed by atoms with Gasteiger partial charge in [0, 0.05) is 19.7 Å². The van der Waals surface area contributed by atoms with Gasteiger partial charge in [-0.3, -0.25) is 9.80 Å². The maximum absolute atomic E-state index is 13.8. The van der Waals surface area contributed by atoms with Gasteiger partial charge >= 0.3 is 6.18 Å². The molecule has 0 unspecified atom stereocenters. The number of morpholine rings is 1. The lowest BCUT2D eigenvalue weighted by molar-refractivity contribution is -0.208. The van der Waals surface area contributed by atoms with Crippen molar-refractivity contribution in [3.63, 3.8) is 0 Å². The van der Waals surface area contributed by atoms with E-state index in [0.29, 0.717) is 45.0 Å². The van der Waals surface area contributed by atoms with Crippen molar-refractivity contribution in [2.24, 2.45) is 0 Å². The van der Waals surface area contributed by atoms with Gasteiger partial charge in [0.15, 0.2) is 6.29 Å². The average Bonchev–Trinajstić information content (AvgIpc) is 3.33. The van der Waals surface area contributed by atoms with Crippen LogP contribution in [0.4, 0.5) is 17.6 Å². The third-order valence-electron chi connectivity index (χ3n) is 6.96. The summed E-state index contributed by atoms with van der Waals surface area (Å²) < 4.78 is 70.3. The number of hydrogen-bond donors (Lipinski definition) is 0. The van der Waals surface area contributed by atoms with Gasteiger partial charge in [-0.15, -0.1) is 0 Å². The van der Waals surface area contributed by atoms with Gasteiger partial charge in [0.2, 0.25) is 0 Å². The quantitative estimate of drug-likeness (QED) is 0.337. The Morgan fingerprint density at radius 1 is 1.03 bits per heavy atom. The fourth-order valence-corrected chi connectivity index (χ4v) is 5.07. The van der Waals surface area contributed by atoms with E-state index >= 15 is 0 Å². The second kappa shape index (κ2) is 13.5. The number of methoxy groups -OCH3 is 1. The summed E-state index contributed by atoms with van der Waals surface area (Å²) in [7, 11) is 1.72. The number of ether oxygens (including phenoxy) is 3. The van der Waals surface area contributed by atoms with Crippen molar-refractivity contribution in [2.45, 2.75) is 43.8 Å². The Balaban J connectivity index is 1.40. The normalized spacial score (nSPS) is 22.8. The Hall–Kier alpha value is -2.48. The van der Waals surface area contributed by atoms with Crippen molar-refractivity contribution in [1.82, 2.24) is 9.80 Å². The Bertz CT molecular complexity index is 1090. The van der Waals surface area contributed by atoms with Gasteiger partial charge in [0.1, 0.15) is 5.82 Å². The predicted molar refractivity (Wildman–Crippen MR) is 136 cm³/mol. The molecule has 2 aromatic rings. The van der Waals surface area contributed by atoms with Crippen LogP contribution in [0.15, 0.2) is 48.5 Å². The molecule has 9 heteroatoms. The summed E-state index contributed by atoms with van der Waals surface area (Å²) in [6.45, 7) is 4.17. The van der Waals surface area contributed by atoms with E-state index in [1.807, 2.05) is 30.3 Å². The summed E-state index contributed by atoms with van der Waals surface area (Å²) in [6, 6.07) is 12.6. The van der Waals surface area contributed by atoms with E-state index in [0.717, 1.165) is 37.1 Å². The first-order valence-electron chi connectivity index (χ1n) is 12.9. The molecule has 5 nitrogen and oxygen atoms in total. The second-order valence-electron chi connectivity index (χ2n) is 9.61. The van der Waals surface area contributed by atoms with Gasteiger partial charge in [0.05, 0.1) is 44.5 Å². The molecule has 38 heavy (non-hydrogen) atoms. The fraction of sp³-hybridized carbons (Fsp3) is 0.517. The maximum atomic E-state index is 13.8. The van der Waals surface area contributed by atoms with Crippen molar-refractivity contribution >= 4 is 0 Å². The van der Waals surface area contributed by atoms with E-state index in [2.05, 4.69) is 21.6 Å². The molecule has 206 valence electrons. The molecule has 0 radical (unpaired) electrons. The lowest BCUT2D eigenvalue weighted by Crippen LogP contribution is -2.46. The van der Waals surface area contributed by atoms with Crippen molar-refractivity contribution in [3.8, 4) is 11.8 Å². The summed E-state index contributed by atoms with van der Waals surface area (Å²) in [5.74, 6) is 5.70. The van der Waals surface area contributed by atoms with Crippen LogP contribution in [0, 0.1) is 17.7 Å². The smallest absolute Gasteiger partial charge is 0.383 e. The fourth-order valence-electron chi connectivity index (χ4n) is 5.07. The van der Waals surface area contributed by atoms with Crippen LogP contribution in [0.5, 0.6) is 0 Å². The van der Waals surface area contributed by atoms with Gasteiger partial charge < -0.3 is 14.2 Å². The highest BCUT2D eigenvalue weighted by Gasteiger charge is 2.34. The zero-order valence-electron chi connectivity index (χ0n) is 21.6. The topological polar surface area (TPSA) is 34.2 Å². The molecule has 2 aliphatic rings. The summed E-state index contributed by atoms with van der Waals surface area (Å²) in [6.07, 6.45) is -2.83. The monoisotopic (exact) mass is 534 g/mol. The molecule has 2 aromatic carbocycles. The Labute approximate surface area is 221 Å². The molecule has 2 saturated heterocycles. The van der Waals surface area contributed by atoms with Gasteiger partial charge in [0.25, 0.3) is 0 Å². The van der Waals surface area contributed by atoms with Gasteiger partial charge in [-0.2, -0.15) is 13.2 Å². The first kappa shape index (κ1) is 28.5. The largest absolute Gasteiger partial charge is 0.416 e. The highest BCUT2D eigenvalue weighted by molar-refractivity contribution is 5.27. The molecule has 4 rings (SSSR count). The molecule has 2 heterocycles. The predicted octanol–water partition coefficient (Wildman–Crippen LogP) is 4.92. The van der Waals surface area contributed by atoms with Crippen molar-refractivity contribution in [1.29, 1.82) is 0 Å². The van der Waals surface area contributed by atoms with E-state index in [1.165, 1.54) is 0 Å². The molecule has 0 bridgehead atoms. The number of alkyl halides is 3. The van der Waals surface area contributed by atoms with Crippen LogP contribution >= 0.6 is 0 Å². The minimum atomic E-state index is -4.61. The molecule has 3 atom stereocenters. The number of rotatable bonds is 9. The molecule has 0 N–H and O–H groups in total. The SMILES string of the molecule is COC[C@@H]1CCCN1CC#CCN1CCO[C@@H](OCCc2cc(F)cc(C(F)(F)F)c2)[C@@H]1c1ccccc1. The molecular weight excluding hydrogens is 500 g/mol. The first-order chi connectivity index (χ1) is 18.3. The van der Waals surface area contributed by atoms with Crippen molar-refractivity contribution < 1.29 is 31.8 Å². The maximum Gasteiger partial charge on any atom is 0.416 e. The average molecular weight is 535 g/mol. The molecule has 0 amide bonds. The van der Waals surface area contributed by atoms with Crippen LogP contribution in [-0.2, 0) is 26.8 Å². The van der Waals surface area contributed by atoms with Crippen molar-refractivity contribution in [3.05, 3.63) is 71.0 Å². The molecule has 0 aliphatic carbocycles. The highest BCUT2D eigenvalue weighted by Crippen LogP contribution is 2.32. The van der Waals surface area contributed by atoms with Crippen LogP contribution in [-0.4, -0.2) is 75.2 Å². The number of nitrogens with zero attached hydrogens (tertiary/aromatic N) is 2. The van der Waals surface area contributed by atoms with Crippen LogP contribution in [0.25, 0.3) is 0 Å². The lowest BCUT2D eigenvalue weighted by atomic mass is 10.0. The summed E-state index contributed by atoms with van der Waals surface area (Å²) in [5.41, 5.74) is 0.223. The van der Waals surface area contributed by atoms with Crippen molar-refractivity contribution in [2.75, 3.05) is 53.1 Å². The molecule has 2 fully saturated rings. The molecule has 0 saturated carbocycles. The molecule has 2 aliphatic heterocycles. The van der Waals surface area contributed by atoms with Crippen LogP contribution in [0.2, 0.25) is 0 Å². The highest BCUT2D eigenvalue weighted by atomic mass is 19.4. The molecule has 0 spiro atoms. The van der Waals surface area contributed by atoms with Gasteiger partial charge in [-0.1, -0.05) is 42.2 Å². The third-order valence-corrected chi connectivity index (χ3v) is 6.96. The van der Waals surface area contributed by atoms with E-state index < -0.39 is 23.8 Å². The number of benzene rings is 2. The van der Waals surface area contributed by atoms with Gasteiger partial charge in [-0.25, -0.2) is 4.39 Å². The van der Waals surface area contributed by atoms with E-state index in [4.69, 9.17) is 14.2 Å². The summed E-state index contributed by atoms with van der Waals surface area (Å²) in [4.78, 5) is 4.56. The Kier molecular flexibility index (Phi) is 10.2. The minimum Gasteiger partial charge on any atom is -0.383 e. The van der Waals surface area contributed by atoms with E-state index in [9.17, 15) is 17.6 Å². The Morgan fingerprint density at radius 3 is 2.53 bits per heavy atom. The molecule has 0 aromatic heterocycles. The van der Waals surface area contributed by atoms with Crippen LogP contribution in [0.3, 0.4) is 0 Å². The summed E-state index contributed by atoms with van der Waals surface area (Å²) in [5, 5.41) is 0. The van der Waals surface area contributed by atoms with Gasteiger partial charge in [-0.05, 0) is 55.1 Å². The number of hydrogen-bond acceptors (Lipinski definition) is 5. The van der Waals surface area contributed by atoms with E-state index in [-0.39, 0.29) is 24.6 Å². The van der Waals surface area contributed by atoms with Crippen LogP contribution < -0.4 is 0 Å².